The van der Waals surface area contributed by atoms with Crippen molar-refractivity contribution in [3.05, 3.63) is 30.4 Å². The Morgan fingerprint density at radius 2 is 1.87 bits per heavy atom. The van der Waals surface area contributed by atoms with Gasteiger partial charge in [-0.15, -0.1) is 0 Å². The minimum atomic E-state index is -0.657. The van der Waals surface area contributed by atoms with Crippen LogP contribution in [0.5, 0.6) is 5.75 Å². The van der Waals surface area contributed by atoms with E-state index in [0.717, 1.165) is 12.8 Å². The number of hydrazine groups is 1. The average Bonchev–Trinajstić information content (AvgIpc) is 3.39. The van der Waals surface area contributed by atoms with E-state index in [1.165, 1.54) is 67.5 Å². The Hall–Kier alpha value is -3.73. The zero-order valence-corrected chi connectivity index (χ0v) is 22.7. The van der Waals surface area contributed by atoms with E-state index in [2.05, 4.69) is 28.6 Å². The number of amides is 2. The van der Waals surface area contributed by atoms with Crippen molar-refractivity contribution in [2.45, 2.75) is 45.4 Å². The van der Waals surface area contributed by atoms with Crippen molar-refractivity contribution in [3.8, 4) is 5.75 Å². The summed E-state index contributed by atoms with van der Waals surface area (Å²) in [5.41, 5.74) is 0.299. The Labute approximate surface area is 228 Å². The number of nitrogens with zero attached hydrogens (tertiary/aromatic N) is 5. The van der Waals surface area contributed by atoms with Crippen LogP contribution in [0.25, 0.3) is 10.9 Å². The molecular formula is C28H37N7O4. The van der Waals surface area contributed by atoms with Crippen LogP contribution < -0.4 is 15.6 Å². The Morgan fingerprint density at radius 3 is 2.51 bits per heavy atom. The highest BCUT2D eigenvalue weighted by Gasteiger charge is 2.46. The van der Waals surface area contributed by atoms with Gasteiger partial charge in [0.05, 0.1) is 29.8 Å². The Balaban J connectivity index is 1.29. The van der Waals surface area contributed by atoms with Gasteiger partial charge < -0.3 is 19.5 Å². The Morgan fingerprint density at radius 1 is 1.21 bits per heavy atom. The summed E-state index contributed by atoms with van der Waals surface area (Å²) >= 11 is 0. The van der Waals surface area contributed by atoms with E-state index in [-0.39, 0.29) is 16.9 Å². The number of pyridine rings is 1. The molecule has 11 heteroatoms. The molecule has 0 aromatic carbocycles. The molecule has 1 unspecified atom stereocenters. The maximum atomic E-state index is 13.6. The highest BCUT2D eigenvalue weighted by atomic mass is 16.5. The summed E-state index contributed by atoms with van der Waals surface area (Å²) in [6.07, 6.45) is 12.7. The van der Waals surface area contributed by atoms with Crippen LogP contribution in [0, 0.1) is 17.3 Å². The van der Waals surface area contributed by atoms with Gasteiger partial charge in [-0.2, -0.15) is 0 Å². The first-order valence-electron chi connectivity index (χ1n) is 13.6. The number of rotatable bonds is 7. The topological polar surface area (TPSA) is 137 Å². The molecule has 3 heterocycles. The molecule has 3 aliphatic rings. The number of H-pyrrole nitrogens is 1. The van der Waals surface area contributed by atoms with Crippen molar-refractivity contribution >= 4 is 41.0 Å². The summed E-state index contributed by atoms with van der Waals surface area (Å²) in [4.78, 5) is 54.7. The maximum absolute atomic E-state index is 13.6. The van der Waals surface area contributed by atoms with E-state index in [0.29, 0.717) is 60.5 Å². The first kappa shape index (κ1) is 26.9. The lowest BCUT2D eigenvalue weighted by Crippen LogP contribution is -2.56. The zero-order valence-electron chi connectivity index (χ0n) is 22.7. The fraction of sp³-hybridized carbons (Fsp3) is 0.536. The molecule has 2 amide bonds. The number of piperazine rings is 1. The van der Waals surface area contributed by atoms with Crippen LogP contribution in [0.3, 0.4) is 0 Å². The van der Waals surface area contributed by atoms with Crippen LogP contribution in [-0.2, 0) is 9.59 Å². The van der Waals surface area contributed by atoms with Crippen LogP contribution in [0.2, 0.25) is 0 Å². The highest BCUT2D eigenvalue weighted by molar-refractivity contribution is 6.45. The molecule has 2 saturated carbocycles. The van der Waals surface area contributed by atoms with Gasteiger partial charge in [0.25, 0.3) is 11.7 Å². The van der Waals surface area contributed by atoms with Gasteiger partial charge in [-0.05, 0) is 37.8 Å². The number of ketones is 1. The lowest BCUT2D eigenvalue weighted by atomic mass is 9.61. The van der Waals surface area contributed by atoms with Gasteiger partial charge in [-0.25, -0.2) is 10.8 Å². The van der Waals surface area contributed by atoms with Gasteiger partial charge in [-0.1, -0.05) is 26.2 Å². The van der Waals surface area contributed by atoms with Crippen LogP contribution in [0.4, 0.5) is 5.82 Å². The number of carbonyl (C=O) groups excluding carboxylic acids is 3. The number of aromatic nitrogens is 2. The number of aromatic amines is 1. The molecule has 3 N–H and O–H groups in total. The smallest absolute Gasteiger partial charge is 0.295 e. The number of aliphatic imine (C=N–C) groups is 1. The first-order valence-corrected chi connectivity index (χ1v) is 13.6. The van der Waals surface area contributed by atoms with E-state index in [1.807, 2.05) is 4.90 Å². The number of ether oxygens (including phenoxy) is 1. The molecule has 2 bridgehead atoms. The largest absolute Gasteiger partial charge is 0.494 e. The SMILES string of the molecule is C=N/C=C\N(N)c1ncc(OC)c2c(C(=O)C(=O)N3CCN(C(=O)C4(C)C[C@@H]5CCC[C@@H](C5)C4)CC3)c[nH]c12. The number of nitrogens with one attached hydrogen (secondary N) is 1. The molecule has 3 atom stereocenters. The number of carbonyl (C=O) groups is 3. The third kappa shape index (κ3) is 5.03. The molecule has 2 aromatic rings. The Kier molecular flexibility index (Phi) is 7.44. The molecule has 0 radical (unpaired) electrons. The van der Waals surface area contributed by atoms with Crippen LogP contribution in [-0.4, -0.2) is 77.4 Å². The van der Waals surface area contributed by atoms with Crippen LogP contribution in [0.15, 0.2) is 29.8 Å². The summed E-state index contributed by atoms with van der Waals surface area (Å²) in [7, 11) is 1.47. The third-order valence-corrected chi connectivity index (χ3v) is 8.63. The summed E-state index contributed by atoms with van der Waals surface area (Å²) in [6.45, 7) is 7.01. The number of hydrogen-bond donors (Lipinski definition) is 2. The molecule has 0 spiro atoms. The van der Waals surface area contributed by atoms with Gasteiger partial charge in [0.15, 0.2) is 5.82 Å². The van der Waals surface area contributed by atoms with Gasteiger partial charge >= 0.3 is 0 Å². The summed E-state index contributed by atoms with van der Waals surface area (Å²) < 4.78 is 5.44. The second kappa shape index (κ2) is 10.8. The fourth-order valence-corrected chi connectivity index (χ4v) is 6.88. The quantitative estimate of drug-likeness (QED) is 0.183. The lowest BCUT2D eigenvalue weighted by Gasteiger charge is -2.47. The monoisotopic (exact) mass is 535 g/mol. The Bertz CT molecular complexity index is 1300. The number of nitrogens with two attached hydrogens (primary N) is 1. The zero-order chi connectivity index (χ0) is 27.7. The molecule has 2 aromatic heterocycles. The molecular weight excluding hydrogens is 498 g/mol. The van der Waals surface area contributed by atoms with Crippen molar-refractivity contribution in [3.63, 3.8) is 0 Å². The summed E-state index contributed by atoms with van der Waals surface area (Å²) in [5, 5.41) is 1.65. The number of Topliss-reactive ketones (excluding diaryl/α,β-unsaturated/α-hetero) is 1. The molecule has 3 fully saturated rings. The lowest BCUT2D eigenvalue weighted by molar-refractivity contribution is -0.149. The maximum Gasteiger partial charge on any atom is 0.295 e. The molecule has 1 saturated heterocycles. The molecule has 1 aliphatic heterocycles. The number of anilines is 1. The van der Waals surface area contributed by atoms with Crippen LogP contribution in [0.1, 0.15) is 55.8 Å². The van der Waals surface area contributed by atoms with E-state index in [9.17, 15) is 14.4 Å². The minimum absolute atomic E-state index is 0.175. The standard InChI is InChI=1S/C28H37N7O4/c1-28(14-18-5-4-6-19(13-18)15-28)27(38)34-11-9-33(10-12-34)26(37)24(36)20-16-31-23-22(20)21(39-3)17-32-25(23)35(29)8-7-30-2/h7-8,16-19,31H,2,4-6,9-15,29H2,1,3H3/b8-7-/t18-,19+,28?. The molecule has 39 heavy (non-hydrogen) atoms. The van der Waals surface area contributed by atoms with Gasteiger partial charge in [0.2, 0.25) is 5.91 Å². The predicted octanol–water partition coefficient (Wildman–Crippen LogP) is 2.88. The van der Waals surface area contributed by atoms with Gasteiger partial charge in [0, 0.05) is 50.2 Å². The van der Waals surface area contributed by atoms with E-state index >= 15 is 0 Å². The minimum Gasteiger partial charge on any atom is -0.494 e. The predicted molar refractivity (Wildman–Crippen MR) is 148 cm³/mol. The molecule has 208 valence electrons. The number of methoxy groups -OCH3 is 1. The van der Waals surface area contributed by atoms with Crippen molar-refractivity contribution in [1.82, 2.24) is 19.8 Å². The number of fused-ring (bicyclic) bond motifs is 3. The van der Waals surface area contributed by atoms with E-state index in [1.54, 1.807) is 0 Å². The van der Waals surface area contributed by atoms with Gasteiger partial charge in [0.1, 0.15) is 5.75 Å². The summed E-state index contributed by atoms with van der Waals surface area (Å²) in [6, 6.07) is 0. The second-order valence-electron chi connectivity index (χ2n) is 11.3. The van der Waals surface area contributed by atoms with Crippen molar-refractivity contribution < 1.29 is 19.1 Å². The van der Waals surface area contributed by atoms with Crippen LogP contribution >= 0.6 is 0 Å². The van der Waals surface area contributed by atoms with Crippen molar-refractivity contribution in [1.29, 1.82) is 0 Å². The van der Waals surface area contributed by atoms with Crippen molar-refractivity contribution in [2.24, 2.45) is 28.1 Å². The average molecular weight is 536 g/mol. The highest BCUT2D eigenvalue weighted by Crippen LogP contribution is 2.49. The first-order chi connectivity index (χ1) is 18.8. The normalized spacial score (nSPS) is 25.1. The molecule has 5 rings (SSSR count). The number of hydrogen-bond acceptors (Lipinski definition) is 8. The summed E-state index contributed by atoms with van der Waals surface area (Å²) in [5.74, 6) is 6.97. The van der Waals surface area contributed by atoms with Crippen molar-refractivity contribution in [2.75, 3.05) is 38.3 Å². The van der Waals surface area contributed by atoms with E-state index < -0.39 is 11.7 Å². The second-order valence-corrected chi connectivity index (χ2v) is 11.3. The van der Waals surface area contributed by atoms with Gasteiger partial charge in [-0.3, -0.25) is 24.4 Å². The molecule has 11 nitrogen and oxygen atoms in total. The van der Waals surface area contributed by atoms with E-state index in [4.69, 9.17) is 10.6 Å². The fourth-order valence-electron chi connectivity index (χ4n) is 6.88. The molecule has 2 aliphatic carbocycles. The third-order valence-electron chi connectivity index (χ3n) is 8.63.